The van der Waals surface area contributed by atoms with Gasteiger partial charge in [0.05, 0.1) is 30.0 Å². The minimum atomic E-state index is -0.0161. The van der Waals surface area contributed by atoms with Crippen LogP contribution in [0.4, 0.5) is 16.3 Å². The number of amides is 2. The third-order valence-electron chi connectivity index (χ3n) is 7.21. The van der Waals surface area contributed by atoms with Crippen LogP contribution in [0.1, 0.15) is 38.6 Å². The zero-order valence-electron chi connectivity index (χ0n) is 20.8. The molecule has 2 amide bonds. The van der Waals surface area contributed by atoms with Gasteiger partial charge >= 0.3 is 6.03 Å². The van der Waals surface area contributed by atoms with Crippen LogP contribution >= 0.6 is 0 Å². The minimum absolute atomic E-state index is 0.0161. The summed E-state index contributed by atoms with van der Waals surface area (Å²) in [4.78, 5) is 23.5. The second-order valence-electron chi connectivity index (χ2n) is 9.52. The maximum atomic E-state index is 12.5. The molecule has 0 aliphatic carbocycles. The second kappa shape index (κ2) is 11.0. The quantitative estimate of drug-likeness (QED) is 0.322. The molecule has 36 heavy (non-hydrogen) atoms. The Labute approximate surface area is 211 Å². The molecule has 8 nitrogen and oxygen atoms in total. The first-order valence-corrected chi connectivity index (χ1v) is 12.8. The first-order valence-electron chi connectivity index (χ1n) is 12.8. The number of nitrogen functional groups attached to an aromatic ring is 1. The normalized spacial score (nSPS) is 15.4. The average Bonchev–Trinajstić information content (AvgIpc) is 3.36. The lowest BCUT2D eigenvalue weighted by atomic mass is 9.94. The van der Waals surface area contributed by atoms with Gasteiger partial charge in [-0.1, -0.05) is 43.3 Å². The van der Waals surface area contributed by atoms with E-state index in [9.17, 15) is 4.79 Å². The number of rotatable bonds is 8. The highest BCUT2D eigenvalue weighted by Crippen LogP contribution is 2.30. The average molecular weight is 487 g/mol. The third kappa shape index (κ3) is 5.14. The Morgan fingerprint density at radius 1 is 1.14 bits per heavy atom. The number of nitrogens with one attached hydrogen (secondary N) is 1. The summed E-state index contributed by atoms with van der Waals surface area (Å²) in [6, 6.07) is 17.8. The lowest BCUT2D eigenvalue weighted by Gasteiger charge is -2.32. The summed E-state index contributed by atoms with van der Waals surface area (Å²) in [5.41, 5.74) is 9.68. The summed E-state index contributed by atoms with van der Waals surface area (Å²) >= 11 is 0. The molecule has 0 spiro atoms. The Kier molecular flexibility index (Phi) is 7.32. The molecule has 1 fully saturated rings. The molecule has 1 atom stereocenters. The van der Waals surface area contributed by atoms with Crippen molar-refractivity contribution in [1.82, 2.24) is 19.4 Å². The number of ether oxygens (including phenoxy) is 1. The number of benzene rings is 2. The van der Waals surface area contributed by atoms with Crippen LogP contribution in [0.2, 0.25) is 0 Å². The lowest BCUT2D eigenvalue weighted by Crippen LogP contribution is -2.41. The lowest BCUT2D eigenvalue weighted by molar-refractivity contribution is 0.0825. The number of pyridine rings is 1. The van der Waals surface area contributed by atoms with E-state index in [0.29, 0.717) is 24.9 Å². The molecule has 1 aliphatic rings. The van der Waals surface area contributed by atoms with Gasteiger partial charge < -0.3 is 25.3 Å². The van der Waals surface area contributed by atoms with Crippen LogP contribution < -0.4 is 11.1 Å². The Morgan fingerprint density at radius 2 is 1.89 bits per heavy atom. The van der Waals surface area contributed by atoms with Gasteiger partial charge in [0, 0.05) is 30.8 Å². The van der Waals surface area contributed by atoms with E-state index in [1.165, 1.54) is 0 Å². The first kappa shape index (κ1) is 24.1. The Morgan fingerprint density at radius 3 is 2.67 bits per heavy atom. The molecule has 0 saturated carbocycles. The maximum absolute atomic E-state index is 12.5. The smallest absolute Gasteiger partial charge is 0.321 e. The second-order valence-corrected chi connectivity index (χ2v) is 9.52. The molecular weight excluding hydrogens is 452 g/mol. The number of piperidine rings is 1. The van der Waals surface area contributed by atoms with Gasteiger partial charge in [0.15, 0.2) is 5.82 Å². The fourth-order valence-electron chi connectivity index (χ4n) is 5.06. The van der Waals surface area contributed by atoms with Crippen LogP contribution in [-0.2, 0) is 4.74 Å². The number of nitrogens with two attached hydrogens (primary N) is 1. The van der Waals surface area contributed by atoms with Gasteiger partial charge in [-0.2, -0.15) is 0 Å². The van der Waals surface area contributed by atoms with Crippen LogP contribution in [0.3, 0.4) is 0 Å². The molecule has 8 heteroatoms. The number of para-hydroxylation sites is 2. The molecule has 2 aromatic carbocycles. The van der Waals surface area contributed by atoms with Crippen LogP contribution in [0.15, 0.2) is 60.9 Å². The van der Waals surface area contributed by atoms with E-state index in [4.69, 9.17) is 10.5 Å². The molecule has 4 aromatic rings. The summed E-state index contributed by atoms with van der Waals surface area (Å²) in [6.07, 6.45) is 5.81. The topological polar surface area (TPSA) is 98.3 Å². The fraction of sp³-hybridized carbons (Fsp3) is 0.393. The van der Waals surface area contributed by atoms with Crippen molar-refractivity contribution < 1.29 is 9.53 Å². The number of carbonyl (C=O) groups excluding carboxylic acids is 1. The van der Waals surface area contributed by atoms with E-state index >= 15 is 0 Å². The summed E-state index contributed by atoms with van der Waals surface area (Å²) in [6.45, 7) is 5.07. The van der Waals surface area contributed by atoms with Gasteiger partial charge in [-0.15, -0.1) is 0 Å². The number of anilines is 2. The number of hydrogen-bond acceptors (Lipinski definition) is 5. The van der Waals surface area contributed by atoms with Crippen molar-refractivity contribution in [1.29, 1.82) is 0 Å². The standard InChI is InChI=1S/C28H34N6O2/c1-2-22(34-19-30-25-26(34)23-10-6-7-11-24(23)32-27(25)29)18-36-17-14-20-12-15-33(16-13-20)28(35)31-21-8-4-3-5-9-21/h3-11,19-20,22H,2,12-18H2,1H3,(H2,29,32)(H,31,35). The third-order valence-corrected chi connectivity index (χ3v) is 7.21. The molecule has 0 radical (unpaired) electrons. The summed E-state index contributed by atoms with van der Waals surface area (Å²) in [5, 5.41) is 4.04. The number of likely N-dealkylation sites (tertiary alicyclic amines) is 1. The number of hydrogen-bond donors (Lipinski definition) is 2. The highest BCUT2D eigenvalue weighted by molar-refractivity contribution is 6.06. The number of carbonyl (C=O) groups is 1. The van der Waals surface area contributed by atoms with E-state index in [-0.39, 0.29) is 12.1 Å². The largest absolute Gasteiger partial charge is 0.382 e. The molecule has 188 valence electrons. The molecule has 0 bridgehead atoms. The number of aromatic nitrogens is 3. The fourth-order valence-corrected chi connectivity index (χ4v) is 5.06. The monoisotopic (exact) mass is 486 g/mol. The number of nitrogens with zero attached hydrogens (tertiary/aromatic N) is 4. The Balaban J connectivity index is 1.12. The van der Waals surface area contributed by atoms with Gasteiger partial charge in [-0.05, 0) is 49.8 Å². The Bertz CT molecular complexity index is 1310. The van der Waals surface area contributed by atoms with Gasteiger partial charge in [-0.3, -0.25) is 0 Å². The van der Waals surface area contributed by atoms with Gasteiger partial charge in [-0.25, -0.2) is 14.8 Å². The summed E-state index contributed by atoms with van der Waals surface area (Å²) in [7, 11) is 0. The molecule has 1 saturated heterocycles. The molecule has 2 aromatic heterocycles. The van der Waals surface area contributed by atoms with E-state index in [1.807, 2.05) is 59.8 Å². The summed E-state index contributed by atoms with van der Waals surface area (Å²) < 4.78 is 8.36. The zero-order chi connectivity index (χ0) is 24.9. The summed E-state index contributed by atoms with van der Waals surface area (Å²) in [5.74, 6) is 1.04. The molecule has 3 heterocycles. The first-order chi connectivity index (χ1) is 17.6. The van der Waals surface area contributed by atoms with Crippen molar-refractivity contribution in [3.8, 4) is 0 Å². The molecule has 5 rings (SSSR count). The SMILES string of the molecule is CCC(COCCC1CCN(C(=O)Nc2ccccc2)CC1)n1cnc2c(N)nc3ccccc3c21. The van der Waals surface area contributed by atoms with E-state index < -0.39 is 0 Å². The molecular formula is C28H34N6O2. The maximum Gasteiger partial charge on any atom is 0.321 e. The van der Waals surface area contributed by atoms with Crippen molar-refractivity contribution in [3.63, 3.8) is 0 Å². The predicted molar refractivity (Wildman–Crippen MR) is 144 cm³/mol. The number of fused-ring (bicyclic) bond motifs is 3. The van der Waals surface area contributed by atoms with Crippen LogP contribution in [0, 0.1) is 5.92 Å². The minimum Gasteiger partial charge on any atom is -0.382 e. The van der Waals surface area contributed by atoms with E-state index in [2.05, 4.69) is 32.8 Å². The predicted octanol–water partition coefficient (Wildman–Crippen LogP) is 5.47. The number of imidazole rings is 1. The zero-order valence-corrected chi connectivity index (χ0v) is 20.8. The highest BCUT2D eigenvalue weighted by atomic mass is 16.5. The van der Waals surface area contributed by atoms with Gasteiger partial charge in [0.25, 0.3) is 0 Å². The van der Waals surface area contributed by atoms with Crippen molar-refractivity contribution in [2.45, 2.75) is 38.6 Å². The van der Waals surface area contributed by atoms with Gasteiger partial charge in [0.1, 0.15) is 5.52 Å². The van der Waals surface area contributed by atoms with Crippen molar-refractivity contribution >= 4 is 39.5 Å². The molecule has 1 unspecified atom stereocenters. The van der Waals surface area contributed by atoms with Crippen molar-refractivity contribution in [2.75, 3.05) is 37.4 Å². The molecule has 1 aliphatic heterocycles. The highest BCUT2D eigenvalue weighted by Gasteiger charge is 2.23. The van der Waals surface area contributed by atoms with Crippen LogP contribution in [-0.4, -0.2) is 51.8 Å². The van der Waals surface area contributed by atoms with Gasteiger partial charge in [0.2, 0.25) is 0 Å². The molecule has 3 N–H and O–H groups in total. The van der Waals surface area contributed by atoms with Crippen molar-refractivity contribution in [2.24, 2.45) is 5.92 Å². The Hall–Kier alpha value is -3.65. The van der Waals surface area contributed by atoms with E-state index in [0.717, 1.165) is 66.4 Å². The van der Waals surface area contributed by atoms with Crippen LogP contribution in [0.25, 0.3) is 21.9 Å². The number of urea groups is 1. The van der Waals surface area contributed by atoms with Crippen molar-refractivity contribution in [3.05, 3.63) is 60.9 Å². The van der Waals surface area contributed by atoms with Crippen LogP contribution in [0.5, 0.6) is 0 Å². The van der Waals surface area contributed by atoms with E-state index in [1.54, 1.807) is 0 Å².